The van der Waals surface area contributed by atoms with Crippen LogP contribution >= 0.6 is 24.0 Å². The molecule has 160 valence electrons. The van der Waals surface area contributed by atoms with Gasteiger partial charge in [0.25, 0.3) is 0 Å². The van der Waals surface area contributed by atoms with Gasteiger partial charge >= 0.3 is 6.36 Å². The van der Waals surface area contributed by atoms with Gasteiger partial charge in [0.05, 0.1) is 23.6 Å². The molecule has 0 saturated heterocycles. The molecule has 0 saturated carbocycles. The van der Waals surface area contributed by atoms with Crippen LogP contribution in [0, 0.1) is 13.8 Å². The lowest BCUT2D eigenvalue weighted by Gasteiger charge is -2.14. The van der Waals surface area contributed by atoms with Crippen molar-refractivity contribution in [3.63, 3.8) is 0 Å². The number of guanidine groups is 1. The van der Waals surface area contributed by atoms with Crippen molar-refractivity contribution in [2.45, 2.75) is 26.8 Å². The molecule has 0 radical (unpaired) electrons. The standard InChI is InChI=1S/C20H20F3N5O.HI/c1-13-11-14(2)28(27-13)17-9-5-3-7-15(17)12-25-19(24)26-16-8-4-6-10-18(16)29-20(21,22)23;/h3-11H,12H2,1-2H3,(H3,24,25,26);1H. The molecule has 0 amide bonds. The quantitative estimate of drug-likeness (QED) is 0.278. The number of alkyl halides is 3. The maximum atomic E-state index is 12.5. The molecule has 2 aromatic carbocycles. The average molecular weight is 531 g/mol. The summed E-state index contributed by atoms with van der Waals surface area (Å²) in [6.07, 6.45) is -4.80. The van der Waals surface area contributed by atoms with Crippen LogP contribution in [0.15, 0.2) is 59.6 Å². The number of hydrogen-bond acceptors (Lipinski definition) is 3. The molecular formula is C20H21F3IN5O. The van der Waals surface area contributed by atoms with Crippen LogP contribution in [0.25, 0.3) is 5.69 Å². The summed E-state index contributed by atoms with van der Waals surface area (Å²) < 4.78 is 43.5. The maximum Gasteiger partial charge on any atom is 0.573 e. The van der Waals surface area contributed by atoms with Crippen molar-refractivity contribution < 1.29 is 17.9 Å². The molecule has 0 aliphatic rings. The van der Waals surface area contributed by atoms with Crippen LogP contribution in [0.1, 0.15) is 17.0 Å². The third kappa shape index (κ3) is 6.12. The van der Waals surface area contributed by atoms with Gasteiger partial charge in [0.15, 0.2) is 11.7 Å². The number of nitrogens with one attached hydrogen (secondary N) is 1. The number of nitrogens with zero attached hydrogens (tertiary/aromatic N) is 3. The molecule has 0 spiro atoms. The highest BCUT2D eigenvalue weighted by molar-refractivity contribution is 14.0. The van der Waals surface area contributed by atoms with Gasteiger partial charge < -0.3 is 15.8 Å². The van der Waals surface area contributed by atoms with Gasteiger partial charge in [-0.3, -0.25) is 0 Å². The van der Waals surface area contributed by atoms with Gasteiger partial charge in [-0.05, 0) is 43.7 Å². The second-order valence-electron chi connectivity index (χ2n) is 6.34. The Morgan fingerprint density at radius 1 is 1.13 bits per heavy atom. The third-order valence-corrected chi connectivity index (χ3v) is 4.02. The smallest absolute Gasteiger partial charge is 0.404 e. The molecule has 0 fully saturated rings. The van der Waals surface area contributed by atoms with E-state index in [0.29, 0.717) is 0 Å². The summed E-state index contributed by atoms with van der Waals surface area (Å²) in [6.45, 7) is 4.08. The fraction of sp³-hybridized carbons (Fsp3) is 0.200. The second kappa shape index (κ2) is 9.83. The predicted molar refractivity (Wildman–Crippen MR) is 121 cm³/mol. The van der Waals surface area contributed by atoms with Gasteiger partial charge in [-0.2, -0.15) is 5.10 Å². The van der Waals surface area contributed by atoms with Crippen LogP contribution in [-0.2, 0) is 6.54 Å². The first kappa shape index (κ1) is 23.5. The van der Waals surface area contributed by atoms with E-state index in [0.717, 1.165) is 22.6 Å². The molecule has 3 rings (SSSR count). The maximum absolute atomic E-state index is 12.5. The molecule has 0 bridgehead atoms. The Morgan fingerprint density at radius 3 is 2.47 bits per heavy atom. The summed E-state index contributed by atoms with van der Waals surface area (Å²) in [6, 6.07) is 15.2. The Kier molecular flexibility index (Phi) is 7.71. The number of halogens is 4. The summed E-state index contributed by atoms with van der Waals surface area (Å²) in [5.74, 6) is -0.424. The van der Waals surface area contributed by atoms with E-state index in [1.54, 1.807) is 6.07 Å². The van der Waals surface area contributed by atoms with Crippen LogP contribution in [0.2, 0.25) is 0 Å². The summed E-state index contributed by atoms with van der Waals surface area (Å²) in [5.41, 5.74) is 9.54. The number of anilines is 1. The molecule has 3 N–H and O–H groups in total. The van der Waals surface area contributed by atoms with E-state index in [1.165, 1.54) is 18.2 Å². The van der Waals surface area contributed by atoms with E-state index in [9.17, 15) is 13.2 Å². The number of nitrogens with two attached hydrogens (primary N) is 1. The Labute approximate surface area is 189 Å². The van der Waals surface area contributed by atoms with Gasteiger partial charge in [-0.25, -0.2) is 9.67 Å². The Morgan fingerprint density at radius 2 is 1.80 bits per heavy atom. The van der Waals surface area contributed by atoms with E-state index >= 15 is 0 Å². The van der Waals surface area contributed by atoms with Gasteiger partial charge in [-0.15, -0.1) is 37.1 Å². The zero-order chi connectivity index (χ0) is 21.0. The average Bonchev–Trinajstić information content (AvgIpc) is 2.99. The number of ether oxygens (including phenoxy) is 1. The van der Waals surface area contributed by atoms with Crippen molar-refractivity contribution in [1.82, 2.24) is 9.78 Å². The zero-order valence-corrected chi connectivity index (χ0v) is 18.6. The SMILES string of the molecule is Cc1cc(C)n(-c2ccccc2CN=C(N)Nc2ccccc2OC(F)(F)F)n1.I. The van der Waals surface area contributed by atoms with Crippen LogP contribution in [0.4, 0.5) is 18.9 Å². The van der Waals surface area contributed by atoms with E-state index in [4.69, 9.17) is 5.73 Å². The molecule has 0 aliphatic heterocycles. The fourth-order valence-electron chi connectivity index (χ4n) is 2.86. The summed E-state index contributed by atoms with van der Waals surface area (Å²) in [4.78, 5) is 4.26. The lowest BCUT2D eigenvalue weighted by atomic mass is 10.2. The molecule has 1 heterocycles. The highest BCUT2D eigenvalue weighted by Gasteiger charge is 2.32. The monoisotopic (exact) mass is 531 g/mol. The summed E-state index contributed by atoms with van der Waals surface area (Å²) in [7, 11) is 0. The number of aromatic nitrogens is 2. The molecule has 0 atom stereocenters. The molecule has 30 heavy (non-hydrogen) atoms. The minimum absolute atomic E-state index is 0. The predicted octanol–water partition coefficient (Wildman–Crippen LogP) is 4.93. The van der Waals surface area contributed by atoms with Crippen molar-refractivity contribution in [2.75, 3.05) is 5.32 Å². The van der Waals surface area contributed by atoms with Gasteiger partial charge in [0, 0.05) is 5.69 Å². The number of aryl methyl sites for hydroxylation is 2. The van der Waals surface area contributed by atoms with E-state index in [1.807, 2.05) is 48.9 Å². The third-order valence-electron chi connectivity index (χ3n) is 4.02. The number of para-hydroxylation sites is 3. The van der Waals surface area contributed by atoms with Crippen molar-refractivity contribution in [3.05, 3.63) is 71.5 Å². The molecular weight excluding hydrogens is 510 g/mol. The first-order valence-corrected chi connectivity index (χ1v) is 8.76. The van der Waals surface area contributed by atoms with Crippen LogP contribution in [-0.4, -0.2) is 22.1 Å². The van der Waals surface area contributed by atoms with Crippen LogP contribution in [0.3, 0.4) is 0 Å². The molecule has 0 unspecified atom stereocenters. The fourth-order valence-corrected chi connectivity index (χ4v) is 2.86. The summed E-state index contributed by atoms with van der Waals surface area (Å²) in [5, 5.41) is 7.14. The normalized spacial score (nSPS) is 11.7. The van der Waals surface area contributed by atoms with Crippen molar-refractivity contribution >= 4 is 35.6 Å². The molecule has 3 aromatic rings. The van der Waals surface area contributed by atoms with Crippen LogP contribution in [0.5, 0.6) is 5.75 Å². The van der Waals surface area contributed by atoms with E-state index in [-0.39, 0.29) is 47.9 Å². The van der Waals surface area contributed by atoms with E-state index < -0.39 is 6.36 Å². The number of hydrogen-bond donors (Lipinski definition) is 2. The minimum atomic E-state index is -4.80. The van der Waals surface area contributed by atoms with Crippen molar-refractivity contribution in [3.8, 4) is 11.4 Å². The number of aliphatic imine (C=N–C) groups is 1. The minimum Gasteiger partial charge on any atom is -0.404 e. The number of benzene rings is 2. The Balaban J connectivity index is 0.00000320. The first-order chi connectivity index (χ1) is 13.7. The number of rotatable bonds is 5. The zero-order valence-electron chi connectivity index (χ0n) is 16.3. The summed E-state index contributed by atoms with van der Waals surface area (Å²) >= 11 is 0. The van der Waals surface area contributed by atoms with Crippen molar-refractivity contribution in [1.29, 1.82) is 0 Å². The Bertz CT molecular complexity index is 1030. The highest BCUT2D eigenvalue weighted by Crippen LogP contribution is 2.29. The molecule has 10 heteroatoms. The molecule has 0 aliphatic carbocycles. The Hall–Kier alpha value is -2.76. The van der Waals surface area contributed by atoms with Crippen LogP contribution < -0.4 is 15.8 Å². The highest BCUT2D eigenvalue weighted by atomic mass is 127. The van der Waals surface area contributed by atoms with Gasteiger partial charge in [-0.1, -0.05) is 30.3 Å². The van der Waals surface area contributed by atoms with E-state index in [2.05, 4.69) is 20.1 Å². The molecule has 6 nitrogen and oxygen atoms in total. The lowest BCUT2D eigenvalue weighted by Crippen LogP contribution is -2.24. The molecule has 1 aromatic heterocycles. The largest absolute Gasteiger partial charge is 0.573 e. The topological polar surface area (TPSA) is 77.5 Å². The van der Waals surface area contributed by atoms with Gasteiger partial charge in [0.1, 0.15) is 0 Å². The van der Waals surface area contributed by atoms with Crippen molar-refractivity contribution in [2.24, 2.45) is 10.7 Å². The second-order valence-corrected chi connectivity index (χ2v) is 6.34. The van der Waals surface area contributed by atoms with Gasteiger partial charge in [0.2, 0.25) is 0 Å². The first-order valence-electron chi connectivity index (χ1n) is 8.76. The lowest BCUT2D eigenvalue weighted by molar-refractivity contribution is -0.274.